The Hall–Kier alpha value is -1.95. The minimum absolute atomic E-state index is 0.211. The van der Waals surface area contributed by atoms with E-state index in [1.165, 1.54) is 6.26 Å². The molecular formula is C13H10BrNO4. The van der Waals surface area contributed by atoms with Crippen molar-refractivity contribution in [2.75, 3.05) is 6.79 Å². The number of halogens is 1. The topological polar surface area (TPSA) is 60.7 Å². The SMILES string of the molecule is O=C(NCc1cccc2c1OCO2)c1ccoc1Br. The van der Waals surface area contributed by atoms with E-state index in [1.54, 1.807) is 6.07 Å². The van der Waals surface area contributed by atoms with Gasteiger partial charge in [-0.05, 0) is 28.1 Å². The van der Waals surface area contributed by atoms with Crippen molar-refractivity contribution in [3.05, 3.63) is 46.3 Å². The summed E-state index contributed by atoms with van der Waals surface area (Å²) in [5, 5.41) is 2.81. The number of ether oxygens (including phenoxy) is 2. The summed E-state index contributed by atoms with van der Waals surface area (Å²) in [7, 11) is 0. The molecule has 0 radical (unpaired) electrons. The predicted octanol–water partition coefficient (Wildman–Crippen LogP) is 2.70. The summed E-state index contributed by atoms with van der Waals surface area (Å²) in [6.07, 6.45) is 1.45. The molecule has 0 fully saturated rings. The van der Waals surface area contributed by atoms with Crippen LogP contribution in [-0.2, 0) is 6.54 Å². The lowest BCUT2D eigenvalue weighted by molar-refractivity contribution is 0.0949. The highest BCUT2D eigenvalue weighted by atomic mass is 79.9. The van der Waals surface area contributed by atoms with Crippen molar-refractivity contribution in [3.63, 3.8) is 0 Å². The van der Waals surface area contributed by atoms with Gasteiger partial charge in [0.2, 0.25) is 6.79 Å². The van der Waals surface area contributed by atoms with Gasteiger partial charge in [-0.25, -0.2) is 0 Å². The molecule has 0 unspecified atom stereocenters. The summed E-state index contributed by atoms with van der Waals surface area (Å²) >= 11 is 3.17. The van der Waals surface area contributed by atoms with Gasteiger partial charge in [0.1, 0.15) is 0 Å². The lowest BCUT2D eigenvalue weighted by atomic mass is 10.2. The third kappa shape index (κ3) is 2.31. The molecule has 1 N–H and O–H groups in total. The number of fused-ring (bicyclic) bond motifs is 1. The average Bonchev–Trinajstić information content (AvgIpc) is 3.04. The molecule has 1 aliphatic rings. The first-order valence-electron chi connectivity index (χ1n) is 5.64. The maximum absolute atomic E-state index is 11.9. The van der Waals surface area contributed by atoms with Gasteiger partial charge in [-0.3, -0.25) is 4.79 Å². The van der Waals surface area contributed by atoms with E-state index < -0.39 is 0 Å². The summed E-state index contributed by atoms with van der Waals surface area (Å²) in [6, 6.07) is 7.19. The quantitative estimate of drug-likeness (QED) is 0.943. The highest BCUT2D eigenvalue weighted by Gasteiger charge is 2.18. The van der Waals surface area contributed by atoms with Crippen LogP contribution in [0.15, 0.2) is 39.6 Å². The monoisotopic (exact) mass is 323 g/mol. The predicted molar refractivity (Wildman–Crippen MR) is 70.1 cm³/mol. The van der Waals surface area contributed by atoms with Crippen LogP contribution in [0.2, 0.25) is 0 Å². The average molecular weight is 324 g/mol. The van der Waals surface area contributed by atoms with Crippen molar-refractivity contribution in [2.45, 2.75) is 6.54 Å². The van der Waals surface area contributed by atoms with Crippen molar-refractivity contribution in [2.24, 2.45) is 0 Å². The van der Waals surface area contributed by atoms with Crippen LogP contribution in [-0.4, -0.2) is 12.7 Å². The first-order chi connectivity index (χ1) is 9.25. The Labute approximate surface area is 117 Å². The van der Waals surface area contributed by atoms with Gasteiger partial charge in [-0.1, -0.05) is 12.1 Å². The third-order valence-electron chi connectivity index (χ3n) is 2.78. The molecule has 0 atom stereocenters. The molecule has 3 rings (SSSR count). The number of para-hydroxylation sites is 1. The summed E-state index contributed by atoms with van der Waals surface area (Å²) in [6.45, 7) is 0.580. The maximum atomic E-state index is 11.9. The van der Waals surface area contributed by atoms with E-state index in [-0.39, 0.29) is 12.7 Å². The number of nitrogens with one attached hydrogen (secondary N) is 1. The van der Waals surface area contributed by atoms with Gasteiger partial charge >= 0.3 is 0 Å². The second kappa shape index (κ2) is 4.97. The molecular weight excluding hydrogens is 314 g/mol. The molecule has 0 saturated carbocycles. The van der Waals surface area contributed by atoms with Gasteiger partial charge in [0, 0.05) is 12.1 Å². The molecule has 1 aliphatic heterocycles. The molecule has 1 amide bonds. The van der Waals surface area contributed by atoms with Crippen LogP contribution in [0.5, 0.6) is 11.5 Å². The number of hydrogen-bond donors (Lipinski definition) is 1. The fourth-order valence-electron chi connectivity index (χ4n) is 1.86. The van der Waals surface area contributed by atoms with E-state index in [0.29, 0.717) is 28.3 Å². The molecule has 0 saturated heterocycles. The van der Waals surface area contributed by atoms with E-state index >= 15 is 0 Å². The summed E-state index contributed by atoms with van der Waals surface area (Å²) < 4.78 is 16.1. The lowest BCUT2D eigenvalue weighted by Gasteiger charge is -2.07. The van der Waals surface area contributed by atoms with E-state index in [4.69, 9.17) is 13.9 Å². The smallest absolute Gasteiger partial charge is 0.256 e. The molecule has 0 spiro atoms. The third-order valence-corrected chi connectivity index (χ3v) is 3.39. The van der Waals surface area contributed by atoms with E-state index in [1.807, 2.05) is 18.2 Å². The lowest BCUT2D eigenvalue weighted by Crippen LogP contribution is -2.22. The van der Waals surface area contributed by atoms with Crippen LogP contribution < -0.4 is 14.8 Å². The summed E-state index contributed by atoms with van der Waals surface area (Å²) in [5.74, 6) is 1.18. The number of carbonyl (C=O) groups excluding carboxylic acids is 1. The standard InChI is InChI=1S/C13H10BrNO4/c14-12-9(4-5-17-12)13(16)15-6-8-2-1-3-10-11(8)19-7-18-10/h1-5H,6-7H2,(H,15,16). The van der Waals surface area contributed by atoms with E-state index in [2.05, 4.69) is 21.2 Å². The minimum atomic E-state index is -0.211. The molecule has 19 heavy (non-hydrogen) atoms. The highest BCUT2D eigenvalue weighted by molar-refractivity contribution is 9.10. The van der Waals surface area contributed by atoms with Gasteiger partial charge in [-0.15, -0.1) is 0 Å². The fourth-order valence-corrected chi connectivity index (χ4v) is 2.28. The second-order valence-electron chi connectivity index (χ2n) is 3.94. The normalized spacial score (nSPS) is 12.5. The Morgan fingerprint density at radius 1 is 1.32 bits per heavy atom. The zero-order chi connectivity index (χ0) is 13.2. The van der Waals surface area contributed by atoms with Crippen molar-refractivity contribution in [3.8, 4) is 11.5 Å². The van der Waals surface area contributed by atoms with Crippen molar-refractivity contribution in [1.82, 2.24) is 5.32 Å². The fraction of sp³-hybridized carbons (Fsp3) is 0.154. The van der Waals surface area contributed by atoms with Crippen LogP contribution in [0.25, 0.3) is 0 Å². The van der Waals surface area contributed by atoms with Gasteiger partial charge in [0.05, 0.1) is 11.8 Å². The second-order valence-corrected chi connectivity index (χ2v) is 4.66. The number of hydrogen-bond acceptors (Lipinski definition) is 4. The zero-order valence-electron chi connectivity index (χ0n) is 9.81. The van der Waals surface area contributed by atoms with E-state index in [9.17, 15) is 4.79 Å². The number of rotatable bonds is 3. The van der Waals surface area contributed by atoms with Crippen LogP contribution in [0.3, 0.4) is 0 Å². The van der Waals surface area contributed by atoms with Crippen LogP contribution in [0.1, 0.15) is 15.9 Å². The Morgan fingerprint density at radius 3 is 3.00 bits per heavy atom. The first-order valence-corrected chi connectivity index (χ1v) is 6.43. The highest BCUT2D eigenvalue weighted by Crippen LogP contribution is 2.35. The summed E-state index contributed by atoms with van der Waals surface area (Å²) in [4.78, 5) is 11.9. The molecule has 1 aromatic heterocycles. The molecule has 0 bridgehead atoms. The molecule has 5 nitrogen and oxygen atoms in total. The van der Waals surface area contributed by atoms with Gasteiger partial charge in [-0.2, -0.15) is 0 Å². The van der Waals surface area contributed by atoms with Crippen LogP contribution >= 0.6 is 15.9 Å². The van der Waals surface area contributed by atoms with Crippen LogP contribution in [0.4, 0.5) is 0 Å². The molecule has 1 aromatic carbocycles. The van der Waals surface area contributed by atoms with Crippen molar-refractivity contribution in [1.29, 1.82) is 0 Å². The summed E-state index contributed by atoms with van der Waals surface area (Å²) in [5.41, 5.74) is 1.34. The molecule has 0 aliphatic carbocycles. The Morgan fingerprint density at radius 2 is 2.21 bits per heavy atom. The maximum Gasteiger partial charge on any atom is 0.256 e. The number of furan rings is 1. The van der Waals surface area contributed by atoms with Crippen molar-refractivity contribution < 1.29 is 18.7 Å². The Bertz CT molecular complexity index is 623. The molecule has 6 heteroatoms. The van der Waals surface area contributed by atoms with Crippen LogP contribution in [0, 0.1) is 0 Å². The Kier molecular flexibility index (Phi) is 3.16. The number of benzene rings is 1. The Balaban J connectivity index is 1.72. The molecule has 2 heterocycles. The zero-order valence-corrected chi connectivity index (χ0v) is 11.4. The minimum Gasteiger partial charge on any atom is -0.457 e. The van der Waals surface area contributed by atoms with E-state index in [0.717, 1.165) is 5.56 Å². The molecule has 98 valence electrons. The first kappa shape index (κ1) is 12.1. The van der Waals surface area contributed by atoms with Gasteiger partial charge < -0.3 is 19.2 Å². The van der Waals surface area contributed by atoms with Gasteiger partial charge in [0.15, 0.2) is 16.2 Å². The molecule has 2 aromatic rings. The van der Waals surface area contributed by atoms with Gasteiger partial charge in [0.25, 0.3) is 5.91 Å². The number of amides is 1. The van der Waals surface area contributed by atoms with Crippen molar-refractivity contribution >= 4 is 21.8 Å². The largest absolute Gasteiger partial charge is 0.457 e. The number of carbonyl (C=O) groups is 1.